The van der Waals surface area contributed by atoms with E-state index in [9.17, 15) is 5.11 Å². The lowest BCUT2D eigenvalue weighted by Crippen LogP contribution is -2.19. The molecule has 0 amide bonds. The lowest BCUT2D eigenvalue weighted by Gasteiger charge is -2.15. The van der Waals surface area contributed by atoms with Gasteiger partial charge in [-0.2, -0.15) is 0 Å². The maximum absolute atomic E-state index is 9.32. The first-order valence-corrected chi connectivity index (χ1v) is 7.41. The Bertz CT molecular complexity index is 547. The van der Waals surface area contributed by atoms with E-state index in [1.165, 1.54) is 20.9 Å². The van der Waals surface area contributed by atoms with Gasteiger partial charge in [-0.05, 0) is 43.5 Å². The van der Waals surface area contributed by atoms with Crippen molar-refractivity contribution in [1.82, 2.24) is 5.32 Å². The van der Waals surface area contributed by atoms with E-state index < -0.39 is 0 Å². The van der Waals surface area contributed by atoms with Crippen molar-refractivity contribution in [2.45, 2.75) is 40.0 Å². The molecule has 2 N–H and O–H groups in total. The number of aliphatic hydroxyl groups excluding tert-OH is 1. The highest BCUT2D eigenvalue weighted by atomic mass is 32.1. The summed E-state index contributed by atoms with van der Waals surface area (Å²) in [6.07, 6.45) is 0. The lowest BCUT2D eigenvalue weighted by atomic mass is 10.1. The quantitative estimate of drug-likeness (QED) is 0.872. The number of thiophene rings is 1. The Morgan fingerprint density at radius 1 is 1.21 bits per heavy atom. The first-order chi connectivity index (χ1) is 9.11. The van der Waals surface area contributed by atoms with E-state index in [4.69, 9.17) is 0 Å². The van der Waals surface area contributed by atoms with Crippen molar-refractivity contribution >= 4 is 11.3 Å². The molecule has 102 valence electrons. The Labute approximate surface area is 119 Å². The number of hydrogen-bond donors (Lipinski definition) is 2. The summed E-state index contributed by atoms with van der Waals surface area (Å²) in [6, 6.07) is 10.6. The molecule has 2 aromatic rings. The molecular weight excluding hydrogens is 254 g/mol. The number of nitrogens with one attached hydrogen (secondary N) is 1. The minimum absolute atomic E-state index is 0.100. The van der Waals surface area contributed by atoms with Gasteiger partial charge >= 0.3 is 0 Å². The van der Waals surface area contributed by atoms with Gasteiger partial charge in [-0.3, -0.25) is 0 Å². The number of aliphatic hydroxyl groups is 1. The van der Waals surface area contributed by atoms with Gasteiger partial charge in [0.15, 0.2) is 0 Å². The molecule has 19 heavy (non-hydrogen) atoms. The van der Waals surface area contributed by atoms with Gasteiger partial charge < -0.3 is 10.4 Å². The zero-order valence-electron chi connectivity index (χ0n) is 11.7. The van der Waals surface area contributed by atoms with Crippen molar-refractivity contribution in [2.24, 2.45) is 0 Å². The standard InChI is InChI=1S/C16H21NOS/c1-11-8-16(13(3)19-11)12(2)17-9-14-6-4-5-7-15(14)10-18/h4-8,12,17-18H,9-10H2,1-3H3. The molecule has 0 bridgehead atoms. The van der Waals surface area contributed by atoms with E-state index in [0.29, 0.717) is 6.04 Å². The zero-order valence-corrected chi connectivity index (χ0v) is 12.6. The molecule has 0 fully saturated rings. The summed E-state index contributed by atoms with van der Waals surface area (Å²) in [4.78, 5) is 2.74. The van der Waals surface area contributed by atoms with Gasteiger partial charge in [0.1, 0.15) is 0 Å². The third-order valence-electron chi connectivity index (χ3n) is 3.43. The molecular formula is C16H21NOS. The van der Waals surface area contributed by atoms with Gasteiger partial charge in [0.05, 0.1) is 6.61 Å². The summed E-state index contributed by atoms with van der Waals surface area (Å²) in [7, 11) is 0. The lowest BCUT2D eigenvalue weighted by molar-refractivity contribution is 0.280. The third-order valence-corrected chi connectivity index (χ3v) is 4.42. The third kappa shape index (κ3) is 3.44. The van der Waals surface area contributed by atoms with Crippen LogP contribution < -0.4 is 5.32 Å². The average molecular weight is 275 g/mol. The SMILES string of the molecule is Cc1cc(C(C)NCc2ccccc2CO)c(C)s1. The van der Waals surface area contributed by atoms with Crippen LogP contribution in [-0.2, 0) is 13.2 Å². The minimum Gasteiger partial charge on any atom is -0.392 e. The highest BCUT2D eigenvalue weighted by Crippen LogP contribution is 2.26. The molecule has 0 aliphatic carbocycles. The molecule has 0 saturated heterocycles. The van der Waals surface area contributed by atoms with Gasteiger partial charge in [0.25, 0.3) is 0 Å². The van der Waals surface area contributed by atoms with Crippen LogP contribution in [0.15, 0.2) is 30.3 Å². The highest BCUT2D eigenvalue weighted by molar-refractivity contribution is 7.12. The van der Waals surface area contributed by atoms with Crippen molar-refractivity contribution in [2.75, 3.05) is 0 Å². The predicted molar refractivity (Wildman–Crippen MR) is 81.4 cm³/mol. The second kappa shape index (κ2) is 6.33. The van der Waals surface area contributed by atoms with Crippen LogP contribution in [0.1, 0.15) is 39.4 Å². The van der Waals surface area contributed by atoms with Crippen LogP contribution in [0, 0.1) is 13.8 Å². The molecule has 0 aliphatic rings. The van der Waals surface area contributed by atoms with Crippen molar-refractivity contribution in [3.8, 4) is 0 Å². The fourth-order valence-corrected chi connectivity index (χ4v) is 3.36. The summed E-state index contributed by atoms with van der Waals surface area (Å²) in [5.41, 5.74) is 3.55. The van der Waals surface area contributed by atoms with Crippen LogP contribution in [0.2, 0.25) is 0 Å². The largest absolute Gasteiger partial charge is 0.392 e. The van der Waals surface area contributed by atoms with E-state index in [1.54, 1.807) is 0 Å². The highest BCUT2D eigenvalue weighted by Gasteiger charge is 2.11. The second-order valence-electron chi connectivity index (χ2n) is 4.90. The monoisotopic (exact) mass is 275 g/mol. The normalized spacial score (nSPS) is 12.6. The van der Waals surface area contributed by atoms with Crippen molar-refractivity contribution in [3.05, 3.63) is 56.8 Å². The fourth-order valence-electron chi connectivity index (χ4n) is 2.34. The molecule has 1 aromatic carbocycles. The molecule has 3 heteroatoms. The molecule has 2 nitrogen and oxygen atoms in total. The van der Waals surface area contributed by atoms with Crippen LogP contribution in [0.5, 0.6) is 0 Å². The number of hydrogen-bond acceptors (Lipinski definition) is 3. The minimum atomic E-state index is 0.100. The van der Waals surface area contributed by atoms with Gasteiger partial charge in [-0.25, -0.2) is 0 Å². The van der Waals surface area contributed by atoms with Gasteiger partial charge in [-0.1, -0.05) is 24.3 Å². The van der Waals surface area contributed by atoms with Crippen molar-refractivity contribution in [3.63, 3.8) is 0 Å². The Morgan fingerprint density at radius 2 is 1.89 bits per heavy atom. The fraction of sp³-hybridized carbons (Fsp3) is 0.375. The van der Waals surface area contributed by atoms with Crippen molar-refractivity contribution < 1.29 is 5.11 Å². The Morgan fingerprint density at radius 3 is 2.47 bits per heavy atom. The predicted octanol–water partition coefficient (Wildman–Crippen LogP) is 3.71. The Balaban J connectivity index is 2.04. The maximum Gasteiger partial charge on any atom is 0.0685 e. The van der Waals surface area contributed by atoms with Crippen LogP contribution in [0.4, 0.5) is 0 Å². The Kier molecular flexibility index (Phi) is 4.75. The van der Waals surface area contributed by atoms with E-state index in [-0.39, 0.29) is 6.61 Å². The first-order valence-electron chi connectivity index (χ1n) is 6.59. The summed E-state index contributed by atoms with van der Waals surface area (Å²) in [6.45, 7) is 7.40. The van der Waals surface area contributed by atoms with Gasteiger partial charge in [0.2, 0.25) is 0 Å². The van der Waals surface area contributed by atoms with E-state index >= 15 is 0 Å². The van der Waals surface area contributed by atoms with Crippen LogP contribution in [0.3, 0.4) is 0 Å². The molecule has 1 atom stereocenters. The maximum atomic E-state index is 9.32. The van der Waals surface area contributed by atoms with Crippen LogP contribution in [0.25, 0.3) is 0 Å². The smallest absolute Gasteiger partial charge is 0.0685 e. The molecule has 2 rings (SSSR count). The molecule has 0 saturated carbocycles. The molecule has 1 unspecified atom stereocenters. The molecule has 1 aromatic heterocycles. The summed E-state index contributed by atoms with van der Waals surface area (Å²) >= 11 is 1.85. The Hall–Kier alpha value is -1.16. The number of aryl methyl sites for hydroxylation is 2. The van der Waals surface area contributed by atoms with Crippen LogP contribution in [-0.4, -0.2) is 5.11 Å². The summed E-state index contributed by atoms with van der Waals surface area (Å²) < 4.78 is 0. The average Bonchev–Trinajstić information content (AvgIpc) is 2.75. The summed E-state index contributed by atoms with van der Waals surface area (Å²) in [5, 5.41) is 12.9. The second-order valence-corrected chi connectivity index (χ2v) is 6.36. The van der Waals surface area contributed by atoms with Gasteiger partial charge in [-0.15, -0.1) is 11.3 Å². The molecule has 1 heterocycles. The van der Waals surface area contributed by atoms with E-state index in [1.807, 2.05) is 29.5 Å². The number of benzene rings is 1. The van der Waals surface area contributed by atoms with Gasteiger partial charge in [0, 0.05) is 22.3 Å². The van der Waals surface area contributed by atoms with Crippen molar-refractivity contribution in [1.29, 1.82) is 0 Å². The molecule has 0 aliphatic heterocycles. The number of rotatable bonds is 5. The molecule has 0 spiro atoms. The van der Waals surface area contributed by atoms with Crippen LogP contribution >= 0.6 is 11.3 Å². The topological polar surface area (TPSA) is 32.3 Å². The van der Waals surface area contributed by atoms with E-state index in [0.717, 1.165) is 12.1 Å². The summed E-state index contributed by atoms with van der Waals surface area (Å²) in [5.74, 6) is 0. The molecule has 0 radical (unpaired) electrons. The van der Waals surface area contributed by atoms with E-state index in [2.05, 4.69) is 38.2 Å². The zero-order chi connectivity index (χ0) is 13.8. The first kappa shape index (κ1) is 14.3.